The highest BCUT2D eigenvalue weighted by molar-refractivity contribution is 5.68. The van der Waals surface area contributed by atoms with E-state index in [1.54, 1.807) is 0 Å². The van der Waals surface area contributed by atoms with Crippen molar-refractivity contribution >= 4 is 11.4 Å². The quantitative estimate of drug-likeness (QED) is 0.761. The van der Waals surface area contributed by atoms with E-state index in [1.165, 1.54) is 5.56 Å². The van der Waals surface area contributed by atoms with Gasteiger partial charge in [0.1, 0.15) is 0 Å². The number of fused-ring (bicyclic) bond motifs is 1. The van der Waals surface area contributed by atoms with Gasteiger partial charge < -0.3 is 0 Å². The summed E-state index contributed by atoms with van der Waals surface area (Å²) in [4.78, 5) is 0. The van der Waals surface area contributed by atoms with Crippen LogP contribution in [0.15, 0.2) is 48.5 Å². The first-order valence-electron chi connectivity index (χ1n) is 5.89. The highest BCUT2D eigenvalue weighted by atomic mass is 15.6. The predicted molar refractivity (Wildman–Crippen MR) is 71.2 cm³/mol. The average molecular weight is 235 g/mol. The van der Waals surface area contributed by atoms with Crippen molar-refractivity contribution in [2.24, 2.45) is 0 Å². The second-order valence-corrected chi connectivity index (χ2v) is 4.42. The van der Waals surface area contributed by atoms with Crippen LogP contribution < -0.4 is 5.01 Å². The maximum atomic E-state index is 8.94. The monoisotopic (exact) mass is 235 g/mol. The molecule has 0 atom stereocenters. The van der Waals surface area contributed by atoms with Crippen molar-refractivity contribution in [3.63, 3.8) is 0 Å². The summed E-state index contributed by atoms with van der Waals surface area (Å²) in [6.07, 6.45) is 0. The zero-order valence-corrected chi connectivity index (χ0v) is 10.2. The SMILES string of the molecule is CN1Cc2cc(C#N)ccc2N1c1ccccc1. The molecule has 0 fully saturated rings. The second-order valence-electron chi connectivity index (χ2n) is 4.42. The van der Waals surface area contributed by atoms with E-state index in [-0.39, 0.29) is 0 Å². The van der Waals surface area contributed by atoms with Gasteiger partial charge in [0, 0.05) is 13.6 Å². The molecule has 1 heterocycles. The van der Waals surface area contributed by atoms with E-state index in [4.69, 9.17) is 5.26 Å². The number of hydrogen-bond donors (Lipinski definition) is 0. The van der Waals surface area contributed by atoms with Crippen molar-refractivity contribution in [1.29, 1.82) is 5.26 Å². The van der Waals surface area contributed by atoms with Gasteiger partial charge in [-0.2, -0.15) is 5.26 Å². The Labute approximate surface area is 106 Å². The Hall–Kier alpha value is -2.31. The lowest BCUT2D eigenvalue weighted by atomic mass is 10.1. The molecule has 0 N–H and O–H groups in total. The van der Waals surface area contributed by atoms with Crippen molar-refractivity contribution in [3.05, 3.63) is 59.7 Å². The van der Waals surface area contributed by atoms with Crippen LogP contribution in [0.3, 0.4) is 0 Å². The van der Waals surface area contributed by atoms with E-state index >= 15 is 0 Å². The molecule has 0 saturated heterocycles. The van der Waals surface area contributed by atoms with Gasteiger partial charge in [0.05, 0.1) is 23.0 Å². The van der Waals surface area contributed by atoms with Gasteiger partial charge in [-0.3, -0.25) is 5.01 Å². The lowest BCUT2D eigenvalue weighted by molar-refractivity contribution is 0.361. The van der Waals surface area contributed by atoms with Crippen LogP contribution in [-0.2, 0) is 6.54 Å². The minimum absolute atomic E-state index is 0.720. The molecule has 1 aliphatic rings. The zero-order valence-electron chi connectivity index (χ0n) is 10.2. The van der Waals surface area contributed by atoms with Gasteiger partial charge >= 0.3 is 0 Å². The lowest BCUT2D eigenvalue weighted by Crippen LogP contribution is -2.29. The molecule has 88 valence electrons. The van der Waals surface area contributed by atoms with Gasteiger partial charge in [-0.15, -0.1) is 0 Å². The number of hydrogen-bond acceptors (Lipinski definition) is 3. The highest BCUT2D eigenvalue weighted by Crippen LogP contribution is 2.36. The van der Waals surface area contributed by atoms with Crippen molar-refractivity contribution in [3.8, 4) is 6.07 Å². The second kappa shape index (κ2) is 4.17. The number of rotatable bonds is 1. The zero-order chi connectivity index (χ0) is 12.5. The molecule has 2 aromatic carbocycles. The fraction of sp³-hybridized carbons (Fsp3) is 0.133. The average Bonchev–Trinajstić information content (AvgIpc) is 2.74. The topological polar surface area (TPSA) is 30.3 Å². The maximum Gasteiger partial charge on any atom is 0.0991 e. The van der Waals surface area contributed by atoms with E-state index < -0.39 is 0 Å². The molecule has 0 unspecified atom stereocenters. The third-order valence-electron chi connectivity index (χ3n) is 3.18. The third-order valence-corrected chi connectivity index (χ3v) is 3.18. The Morgan fingerprint density at radius 1 is 1.11 bits per heavy atom. The van der Waals surface area contributed by atoms with Gasteiger partial charge in [0.2, 0.25) is 0 Å². The van der Waals surface area contributed by atoms with Crippen LogP contribution in [0.4, 0.5) is 11.4 Å². The lowest BCUT2D eigenvalue weighted by Gasteiger charge is -2.26. The normalized spacial score (nSPS) is 14.3. The molecule has 0 saturated carbocycles. The number of anilines is 2. The van der Waals surface area contributed by atoms with E-state index in [1.807, 2.05) is 36.4 Å². The molecule has 0 radical (unpaired) electrons. The van der Waals surface area contributed by atoms with E-state index in [0.29, 0.717) is 0 Å². The summed E-state index contributed by atoms with van der Waals surface area (Å²) >= 11 is 0. The summed E-state index contributed by atoms with van der Waals surface area (Å²) in [6, 6.07) is 18.3. The molecule has 0 aliphatic carbocycles. The van der Waals surface area contributed by atoms with Crippen LogP contribution in [0.5, 0.6) is 0 Å². The first-order chi connectivity index (χ1) is 8.79. The Kier molecular flexibility index (Phi) is 2.51. The molecule has 3 heteroatoms. The molecule has 2 aromatic rings. The van der Waals surface area contributed by atoms with Crippen LogP contribution in [-0.4, -0.2) is 12.1 Å². The van der Waals surface area contributed by atoms with Crippen LogP contribution in [0, 0.1) is 11.3 Å². The van der Waals surface area contributed by atoms with Crippen molar-refractivity contribution in [1.82, 2.24) is 5.01 Å². The van der Waals surface area contributed by atoms with E-state index in [9.17, 15) is 0 Å². The Bertz CT molecular complexity index is 613. The number of benzene rings is 2. The molecule has 18 heavy (non-hydrogen) atoms. The summed E-state index contributed by atoms with van der Waals surface area (Å²) < 4.78 is 0. The summed E-state index contributed by atoms with van der Waals surface area (Å²) in [5.74, 6) is 0. The van der Waals surface area contributed by atoms with Crippen LogP contribution in [0.1, 0.15) is 11.1 Å². The molecule has 1 aliphatic heterocycles. The third kappa shape index (κ3) is 1.64. The first-order valence-corrected chi connectivity index (χ1v) is 5.89. The van der Waals surface area contributed by atoms with Crippen molar-refractivity contribution in [2.45, 2.75) is 6.54 Å². The van der Waals surface area contributed by atoms with Gasteiger partial charge in [0.25, 0.3) is 0 Å². The van der Waals surface area contributed by atoms with Gasteiger partial charge in [-0.1, -0.05) is 18.2 Å². The molecular formula is C15H13N3. The van der Waals surface area contributed by atoms with Gasteiger partial charge in [0.15, 0.2) is 0 Å². The van der Waals surface area contributed by atoms with E-state index in [2.05, 4.69) is 35.3 Å². The highest BCUT2D eigenvalue weighted by Gasteiger charge is 2.25. The summed E-state index contributed by atoms with van der Waals surface area (Å²) in [5, 5.41) is 13.3. The van der Waals surface area contributed by atoms with Crippen LogP contribution >= 0.6 is 0 Å². The smallest absolute Gasteiger partial charge is 0.0991 e. The fourth-order valence-corrected chi connectivity index (χ4v) is 2.39. The molecule has 0 spiro atoms. The van der Waals surface area contributed by atoms with Crippen LogP contribution in [0.2, 0.25) is 0 Å². The molecule has 0 aromatic heterocycles. The molecule has 0 amide bonds. The summed E-state index contributed by atoms with van der Waals surface area (Å²) in [7, 11) is 2.05. The predicted octanol–water partition coefficient (Wildman–Crippen LogP) is 3.06. The molecular weight excluding hydrogens is 222 g/mol. The van der Waals surface area contributed by atoms with Gasteiger partial charge in [-0.25, -0.2) is 5.01 Å². The van der Waals surface area contributed by atoms with Crippen LogP contribution in [0.25, 0.3) is 0 Å². The Morgan fingerprint density at radius 2 is 1.89 bits per heavy atom. The maximum absolute atomic E-state index is 8.94. The van der Waals surface area contributed by atoms with Gasteiger partial charge in [-0.05, 0) is 35.9 Å². The number of nitrogens with zero attached hydrogens (tertiary/aromatic N) is 3. The van der Waals surface area contributed by atoms with Crippen molar-refractivity contribution in [2.75, 3.05) is 12.1 Å². The van der Waals surface area contributed by atoms with E-state index in [0.717, 1.165) is 23.5 Å². The first kappa shape index (κ1) is 10.8. The Balaban J connectivity index is 2.08. The minimum atomic E-state index is 0.720. The summed E-state index contributed by atoms with van der Waals surface area (Å²) in [6.45, 7) is 0.833. The number of nitriles is 1. The van der Waals surface area contributed by atoms with Crippen molar-refractivity contribution < 1.29 is 0 Å². The molecule has 3 nitrogen and oxygen atoms in total. The largest absolute Gasteiger partial charge is 0.274 e. The molecule has 3 rings (SSSR count). The number of hydrazine groups is 1. The fourth-order valence-electron chi connectivity index (χ4n) is 2.39. The Morgan fingerprint density at radius 3 is 2.61 bits per heavy atom. The minimum Gasteiger partial charge on any atom is -0.274 e. The number of para-hydroxylation sites is 1. The molecule has 0 bridgehead atoms. The summed E-state index contributed by atoms with van der Waals surface area (Å²) in [5.41, 5.74) is 4.21. The standard InChI is InChI=1S/C15H13N3/c1-17-11-13-9-12(10-16)7-8-15(13)18(17)14-5-3-2-4-6-14/h2-9H,11H2,1H3.